The summed E-state index contributed by atoms with van der Waals surface area (Å²) in [6.07, 6.45) is 1.91. The molecule has 10 heteroatoms. The number of anilines is 1. The number of rotatable bonds is 6. The number of nitro benzene ring substituents is 2. The van der Waals surface area contributed by atoms with E-state index >= 15 is 0 Å². The Morgan fingerprint density at radius 2 is 1.88 bits per heavy atom. The number of nitrogens with zero attached hydrogens (tertiary/aromatic N) is 2. The van der Waals surface area contributed by atoms with E-state index < -0.39 is 21.4 Å². The molecule has 0 spiro atoms. The average molecular weight is 348 g/mol. The summed E-state index contributed by atoms with van der Waals surface area (Å²) in [6.45, 7) is 0. The molecule has 0 radical (unpaired) electrons. The number of nitro groups is 2. The van der Waals surface area contributed by atoms with Crippen LogP contribution in [0.1, 0.15) is 5.56 Å². The lowest BCUT2D eigenvalue weighted by Crippen LogP contribution is -2.25. The molecule has 0 aliphatic carbocycles. The number of thioether (sulfide) groups is 1. The highest BCUT2D eigenvalue weighted by Gasteiger charge is 2.49. The zero-order valence-corrected chi connectivity index (χ0v) is 13.2. The molecule has 1 fully saturated rings. The summed E-state index contributed by atoms with van der Waals surface area (Å²) >= 11 is 1.51. The summed E-state index contributed by atoms with van der Waals surface area (Å²) in [5, 5.41) is 25.0. The standard InChI is InChI=1S/C14H12N4O5S/c1-24-13-5-3-2-4-10(13)14(16-23-14)15-11-7-6-9(17(19)20)8-12(11)18(21)22/h2-8,15-16H,1H3. The van der Waals surface area contributed by atoms with E-state index in [0.717, 1.165) is 16.5 Å². The van der Waals surface area contributed by atoms with E-state index in [9.17, 15) is 20.2 Å². The number of non-ortho nitro benzene ring substituents is 1. The van der Waals surface area contributed by atoms with Gasteiger partial charge in [-0.1, -0.05) is 18.2 Å². The lowest BCUT2D eigenvalue weighted by Gasteiger charge is -2.16. The number of nitrogens with one attached hydrogen (secondary N) is 2. The highest BCUT2D eigenvalue weighted by molar-refractivity contribution is 7.98. The van der Waals surface area contributed by atoms with Gasteiger partial charge in [0.1, 0.15) is 5.69 Å². The number of hydrogen-bond donors (Lipinski definition) is 2. The summed E-state index contributed by atoms with van der Waals surface area (Å²) < 4.78 is 0. The second kappa shape index (κ2) is 6.07. The molecule has 124 valence electrons. The maximum absolute atomic E-state index is 11.2. The Kier molecular flexibility index (Phi) is 4.09. The molecule has 9 nitrogen and oxygen atoms in total. The predicted molar refractivity (Wildman–Crippen MR) is 87.5 cm³/mol. The van der Waals surface area contributed by atoms with E-state index in [4.69, 9.17) is 4.84 Å². The first-order valence-electron chi connectivity index (χ1n) is 6.76. The van der Waals surface area contributed by atoms with Crippen LogP contribution in [0.15, 0.2) is 47.4 Å². The van der Waals surface area contributed by atoms with Crippen molar-refractivity contribution >= 4 is 28.8 Å². The maximum atomic E-state index is 11.2. The molecule has 1 aliphatic rings. The molecular weight excluding hydrogens is 336 g/mol. The van der Waals surface area contributed by atoms with Crippen molar-refractivity contribution in [3.63, 3.8) is 0 Å². The molecule has 0 saturated carbocycles. The first-order chi connectivity index (χ1) is 11.5. The fourth-order valence-electron chi connectivity index (χ4n) is 2.29. The normalized spacial score (nSPS) is 18.9. The van der Waals surface area contributed by atoms with E-state index in [1.807, 2.05) is 30.5 Å². The Hall–Kier alpha value is -2.69. The van der Waals surface area contributed by atoms with Gasteiger partial charge < -0.3 is 5.32 Å². The quantitative estimate of drug-likeness (QED) is 0.352. The fourth-order valence-corrected chi connectivity index (χ4v) is 2.94. The molecule has 0 amide bonds. The Morgan fingerprint density at radius 3 is 2.46 bits per heavy atom. The number of hydroxylamine groups is 1. The third-order valence-electron chi connectivity index (χ3n) is 3.49. The average Bonchev–Trinajstić information content (AvgIpc) is 3.35. The summed E-state index contributed by atoms with van der Waals surface area (Å²) in [6, 6.07) is 10.8. The molecule has 2 N–H and O–H groups in total. The van der Waals surface area contributed by atoms with Crippen LogP contribution >= 0.6 is 11.8 Å². The molecule has 0 bridgehead atoms. The van der Waals surface area contributed by atoms with Gasteiger partial charge in [0.15, 0.2) is 0 Å². The maximum Gasteiger partial charge on any atom is 0.299 e. The van der Waals surface area contributed by atoms with Crippen LogP contribution in [0.2, 0.25) is 0 Å². The minimum Gasteiger partial charge on any atom is -0.332 e. The van der Waals surface area contributed by atoms with Gasteiger partial charge in [-0.15, -0.1) is 17.2 Å². The number of benzene rings is 2. The van der Waals surface area contributed by atoms with Gasteiger partial charge in [-0.25, -0.2) is 4.84 Å². The van der Waals surface area contributed by atoms with Crippen molar-refractivity contribution < 1.29 is 14.7 Å². The monoisotopic (exact) mass is 348 g/mol. The van der Waals surface area contributed by atoms with Crippen LogP contribution in [0, 0.1) is 20.2 Å². The van der Waals surface area contributed by atoms with E-state index in [-0.39, 0.29) is 11.4 Å². The van der Waals surface area contributed by atoms with Gasteiger partial charge in [0, 0.05) is 16.5 Å². The molecule has 0 aromatic heterocycles. The van der Waals surface area contributed by atoms with Crippen LogP contribution in [0.4, 0.5) is 17.1 Å². The summed E-state index contributed by atoms with van der Waals surface area (Å²) in [4.78, 5) is 26.9. The van der Waals surface area contributed by atoms with Gasteiger partial charge in [-0.3, -0.25) is 20.2 Å². The zero-order chi connectivity index (χ0) is 17.3. The fraction of sp³-hybridized carbons (Fsp3) is 0.143. The summed E-state index contributed by atoms with van der Waals surface area (Å²) in [7, 11) is 0. The second-order valence-corrected chi connectivity index (χ2v) is 5.77. The van der Waals surface area contributed by atoms with E-state index in [1.165, 1.54) is 23.9 Å². The minimum atomic E-state index is -1.10. The lowest BCUT2D eigenvalue weighted by molar-refractivity contribution is -0.393. The Bertz CT molecular complexity index is 825. The Labute approximate surface area is 140 Å². The largest absolute Gasteiger partial charge is 0.332 e. The van der Waals surface area contributed by atoms with Crippen LogP contribution < -0.4 is 10.8 Å². The third-order valence-corrected chi connectivity index (χ3v) is 4.29. The molecule has 2 aromatic carbocycles. The van der Waals surface area contributed by atoms with Gasteiger partial charge in [-0.05, 0) is 18.4 Å². The topological polar surface area (TPSA) is 133 Å². The van der Waals surface area contributed by atoms with Crippen LogP contribution in [0.3, 0.4) is 0 Å². The van der Waals surface area contributed by atoms with Gasteiger partial charge in [0.2, 0.25) is 0 Å². The highest BCUT2D eigenvalue weighted by atomic mass is 32.2. The third kappa shape index (κ3) is 2.89. The van der Waals surface area contributed by atoms with Crippen LogP contribution in [0.25, 0.3) is 0 Å². The minimum absolute atomic E-state index is 0.117. The summed E-state index contributed by atoms with van der Waals surface area (Å²) in [5.41, 5.74) is 2.84. The van der Waals surface area contributed by atoms with E-state index in [1.54, 1.807) is 0 Å². The van der Waals surface area contributed by atoms with Crippen molar-refractivity contribution in [2.45, 2.75) is 10.7 Å². The molecule has 3 rings (SSSR count). The molecule has 1 unspecified atom stereocenters. The van der Waals surface area contributed by atoms with Gasteiger partial charge >= 0.3 is 0 Å². The smallest absolute Gasteiger partial charge is 0.299 e. The second-order valence-electron chi connectivity index (χ2n) is 4.93. The van der Waals surface area contributed by atoms with E-state index in [0.29, 0.717) is 0 Å². The SMILES string of the molecule is CSc1ccccc1C1(Nc2ccc([N+](=O)[O-])cc2[N+](=O)[O-])NO1. The van der Waals surface area contributed by atoms with Crippen molar-refractivity contribution in [3.05, 3.63) is 68.3 Å². The van der Waals surface area contributed by atoms with Gasteiger partial charge in [-0.2, -0.15) is 0 Å². The van der Waals surface area contributed by atoms with Crippen molar-refractivity contribution in [2.75, 3.05) is 11.6 Å². The summed E-state index contributed by atoms with van der Waals surface area (Å²) in [5.74, 6) is -1.10. The van der Waals surface area contributed by atoms with Crippen molar-refractivity contribution in [1.82, 2.24) is 5.48 Å². The first-order valence-corrected chi connectivity index (χ1v) is 7.99. The molecular formula is C14H12N4O5S. The van der Waals surface area contributed by atoms with Crippen LogP contribution in [-0.2, 0) is 10.7 Å². The first kappa shape index (κ1) is 16.2. The van der Waals surface area contributed by atoms with Gasteiger partial charge in [0.25, 0.3) is 17.2 Å². The number of hydrogen-bond acceptors (Lipinski definition) is 8. The van der Waals surface area contributed by atoms with Gasteiger partial charge in [0.05, 0.1) is 15.9 Å². The van der Waals surface area contributed by atoms with Crippen molar-refractivity contribution in [1.29, 1.82) is 0 Å². The molecule has 2 aromatic rings. The van der Waals surface area contributed by atoms with Crippen molar-refractivity contribution in [3.8, 4) is 0 Å². The highest BCUT2D eigenvalue weighted by Crippen LogP contribution is 2.41. The van der Waals surface area contributed by atoms with Crippen molar-refractivity contribution in [2.24, 2.45) is 0 Å². The molecule has 24 heavy (non-hydrogen) atoms. The predicted octanol–water partition coefficient (Wildman–Crippen LogP) is 2.98. The lowest BCUT2D eigenvalue weighted by atomic mass is 10.1. The Morgan fingerprint density at radius 1 is 1.17 bits per heavy atom. The van der Waals surface area contributed by atoms with Crippen LogP contribution in [-0.4, -0.2) is 16.1 Å². The molecule has 1 saturated heterocycles. The zero-order valence-electron chi connectivity index (χ0n) is 12.4. The molecule has 1 heterocycles. The van der Waals surface area contributed by atoms with Crippen LogP contribution in [0.5, 0.6) is 0 Å². The Balaban J connectivity index is 1.99. The molecule has 1 aliphatic heterocycles. The van der Waals surface area contributed by atoms with E-state index in [2.05, 4.69) is 10.8 Å². The molecule has 1 atom stereocenters.